The van der Waals surface area contributed by atoms with Gasteiger partial charge in [0.1, 0.15) is 5.82 Å². The Morgan fingerprint density at radius 2 is 1.68 bits per heavy atom. The van der Waals surface area contributed by atoms with E-state index in [9.17, 15) is 22.8 Å². The Kier molecular flexibility index (Phi) is 9.10. The molecule has 1 amide bonds. The lowest BCUT2D eigenvalue weighted by Gasteiger charge is -2.26. The zero-order chi connectivity index (χ0) is 33.1. The number of nitrogens with zero attached hydrogens (tertiary/aromatic N) is 3. The largest absolute Gasteiger partial charge is 0.416 e. The molecule has 0 saturated carbocycles. The lowest BCUT2D eigenvalue weighted by atomic mass is 9.99. The molecule has 8 nitrogen and oxygen atoms in total. The Morgan fingerprint density at radius 1 is 0.936 bits per heavy atom. The third-order valence-corrected chi connectivity index (χ3v) is 8.39. The number of aromatic nitrogens is 2. The molecule has 0 bridgehead atoms. The van der Waals surface area contributed by atoms with Crippen molar-refractivity contribution in [3.05, 3.63) is 118 Å². The summed E-state index contributed by atoms with van der Waals surface area (Å²) in [5.74, 6) is -0.0963. The first-order valence-corrected chi connectivity index (χ1v) is 15.3. The summed E-state index contributed by atoms with van der Waals surface area (Å²) in [4.78, 5) is 33.4. The Morgan fingerprint density at radius 3 is 2.43 bits per heavy atom. The van der Waals surface area contributed by atoms with E-state index in [4.69, 9.17) is 4.74 Å². The molecule has 0 unspecified atom stereocenters. The Labute approximate surface area is 269 Å². The van der Waals surface area contributed by atoms with E-state index in [1.165, 1.54) is 17.7 Å². The zero-order valence-corrected chi connectivity index (χ0v) is 26.0. The van der Waals surface area contributed by atoms with Crippen molar-refractivity contribution in [2.75, 3.05) is 43.5 Å². The summed E-state index contributed by atoms with van der Waals surface area (Å²) in [6.45, 7) is 6.35. The highest BCUT2D eigenvalue weighted by atomic mass is 19.4. The van der Waals surface area contributed by atoms with E-state index < -0.39 is 17.6 Å². The number of morpholine rings is 1. The maximum atomic E-state index is 13.6. The number of anilines is 3. The van der Waals surface area contributed by atoms with Crippen molar-refractivity contribution in [3.63, 3.8) is 0 Å². The molecule has 3 aromatic carbocycles. The molecule has 1 aliphatic heterocycles. The average Bonchev–Trinajstić information content (AvgIpc) is 3.07. The van der Waals surface area contributed by atoms with E-state index in [-0.39, 0.29) is 11.1 Å². The number of nitrogens with one attached hydrogen (secondary N) is 2. The van der Waals surface area contributed by atoms with E-state index in [2.05, 4.69) is 32.7 Å². The SMILES string of the molecule is Cc1ccc(NC(=O)c2cccc(C(F)(F)F)c2)cc1-c1cc2cnc(Nc3ccc(CCN4CCOCC4)cc3)cc2n(C)c1=O. The van der Waals surface area contributed by atoms with Gasteiger partial charge in [-0.05, 0) is 78.6 Å². The maximum Gasteiger partial charge on any atom is 0.416 e. The number of halogens is 3. The van der Waals surface area contributed by atoms with Crippen LogP contribution in [0.4, 0.5) is 30.4 Å². The van der Waals surface area contributed by atoms with Gasteiger partial charge in [-0.3, -0.25) is 14.5 Å². The van der Waals surface area contributed by atoms with Crippen molar-refractivity contribution in [1.29, 1.82) is 0 Å². The summed E-state index contributed by atoms with van der Waals surface area (Å²) in [7, 11) is 1.69. The minimum absolute atomic E-state index is 0.126. The Hall–Kier alpha value is -5.00. The van der Waals surface area contributed by atoms with Crippen LogP contribution in [0, 0.1) is 6.92 Å². The normalized spacial score (nSPS) is 13.9. The third-order valence-electron chi connectivity index (χ3n) is 8.39. The van der Waals surface area contributed by atoms with Gasteiger partial charge in [0.2, 0.25) is 0 Å². The molecule has 242 valence electrons. The quantitative estimate of drug-likeness (QED) is 0.194. The molecule has 0 radical (unpaired) electrons. The van der Waals surface area contributed by atoms with Gasteiger partial charge in [-0.1, -0.05) is 24.3 Å². The van der Waals surface area contributed by atoms with Crippen LogP contribution in [-0.2, 0) is 24.4 Å². The van der Waals surface area contributed by atoms with Crippen LogP contribution in [0.1, 0.15) is 27.0 Å². The Bertz CT molecular complexity index is 1980. The predicted molar refractivity (Wildman–Crippen MR) is 177 cm³/mol. The number of benzene rings is 3. The van der Waals surface area contributed by atoms with Gasteiger partial charge in [-0.25, -0.2) is 4.98 Å². The predicted octanol–water partition coefficient (Wildman–Crippen LogP) is 6.80. The second kappa shape index (κ2) is 13.4. The highest BCUT2D eigenvalue weighted by Crippen LogP contribution is 2.31. The first-order chi connectivity index (χ1) is 22.5. The number of hydrogen-bond acceptors (Lipinski definition) is 6. The van der Waals surface area contributed by atoms with E-state index in [1.807, 2.05) is 25.1 Å². The fraction of sp³-hybridized carbons (Fsp3) is 0.250. The van der Waals surface area contributed by atoms with E-state index in [0.717, 1.165) is 68.0 Å². The Balaban J connectivity index is 1.19. The van der Waals surface area contributed by atoms with Gasteiger partial charge in [-0.2, -0.15) is 13.2 Å². The molecule has 2 N–H and O–H groups in total. The van der Waals surface area contributed by atoms with Crippen LogP contribution >= 0.6 is 0 Å². The number of pyridine rings is 2. The summed E-state index contributed by atoms with van der Waals surface area (Å²) in [5.41, 5.74) is 3.67. The number of carbonyl (C=O) groups is 1. The lowest BCUT2D eigenvalue weighted by Crippen LogP contribution is -2.37. The van der Waals surface area contributed by atoms with Crippen LogP contribution in [0.2, 0.25) is 0 Å². The number of alkyl halides is 3. The molecule has 2 aromatic heterocycles. The van der Waals surface area contributed by atoms with Crippen LogP contribution in [0.15, 0.2) is 89.9 Å². The topological polar surface area (TPSA) is 88.5 Å². The fourth-order valence-corrected chi connectivity index (χ4v) is 5.67. The van der Waals surface area contributed by atoms with Gasteiger partial charge in [-0.15, -0.1) is 0 Å². The molecule has 11 heteroatoms. The van der Waals surface area contributed by atoms with Crippen molar-refractivity contribution in [2.45, 2.75) is 19.5 Å². The van der Waals surface area contributed by atoms with Gasteiger partial charge in [0.15, 0.2) is 0 Å². The van der Waals surface area contributed by atoms with Crippen LogP contribution in [0.3, 0.4) is 0 Å². The van der Waals surface area contributed by atoms with E-state index in [1.54, 1.807) is 42.1 Å². The number of ether oxygens (including phenoxy) is 1. The van der Waals surface area contributed by atoms with Gasteiger partial charge in [0, 0.05) is 66.8 Å². The van der Waals surface area contributed by atoms with Crippen molar-refractivity contribution in [3.8, 4) is 11.1 Å². The molecule has 3 heterocycles. The van der Waals surface area contributed by atoms with Gasteiger partial charge >= 0.3 is 6.18 Å². The number of aryl methyl sites for hydroxylation is 2. The first kappa shape index (κ1) is 32.0. The van der Waals surface area contributed by atoms with Crippen LogP contribution in [0.5, 0.6) is 0 Å². The number of rotatable bonds is 8. The minimum Gasteiger partial charge on any atom is -0.379 e. The van der Waals surface area contributed by atoms with Crippen molar-refractivity contribution < 1.29 is 22.7 Å². The third kappa shape index (κ3) is 7.37. The molecular weight excluding hydrogens is 607 g/mol. The van der Waals surface area contributed by atoms with Crippen LogP contribution < -0.4 is 16.2 Å². The number of amides is 1. The summed E-state index contributed by atoms with van der Waals surface area (Å²) < 4.78 is 46.4. The van der Waals surface area contributed by atoms with Gasteiger partial charge < -0.3 is 19.9 Å². The summed E-state index contributed by atoms with van der Waals surface area (Å²) in [6, 6.07) is 21.1. The zero-order valence-electron chi connectivity index (χ0n) is 26.0. The molecule has 0 aliphatic carbocycles. The average molecular weight is 642 g/mol. The molecule has 1 aliphatic rings. The van der Waals surface area contributed by atoms with Crippen LogP contribution in [-0.4, -0.2) is 53.2 Å². The van der Waals surface area contributed by atoms with Crippen LogP contribution in [0.25, 0.3) is 22.0 Å². The van der Waals surface area contributed by atoms with E-state index in [0.29, 0.717) is 28.1 Å². The highest BCUT2D eigenvalue weighted by molar-refractivity contribution is 6.04. The molecule has 47 heavy (non-hydrogen) atoms. The van der Waals surface area contributed by atoms with Gasteiger partial charge in [0.05, 0.1) is 24.3 Å². The smallest absolute Gasteiger partial charge is 0.379 e. The molecule has 6 rings (SSSR count). The number of hydrogen-bond donors (Lipinski definition) is 2. The lowest BCUT2D eigenvalue weighted by molar-refractivity contribution is -0.137. The maximum absolute atomic E-state index is 13.6. The number of fused-ring (bicyclic) bond motifs is 1. The second-order valence-electron chi connectivity index (χ2n) is 11.6. The molecule has 1 fully saturated rings. The molecular formula is C36H34F3N5O3. The fourth-order valence-electron chi connectivity index (χ4n) is 5.67. The van der Waals surface area contributed by atoms with Crippen molar-refractivity contribution in [2.24, 2.45) is 7.05 Å². The summed E-state index contributed by atoms with van der Waals surface area (Å²) in [6.07, 6.45) is -1.90. The summed E-state index contributed by atoms with van der Waals surface area (Å²) in [5, 5.41) is 6.72. The minimum atomic E-state index is -4.57. The molecule has 0 atom stereocenters. The molecule has 1 saturated heterocycles. The monoisotopic (exact) mass is 641 g/mol. The number of carbonyl (C=O) groups excluding carboxylic acids is 1. The van der Waals surface area contributed by atoms with E-state index >= 15 is 0 Å². The van der Waals surface area contributed by atoms with Gasteiger partial charge in [0.25, 0.3) is 11.5 Å². The van der Waals surface area contributed by atoms with Crippen molar-refractivity contribution in [1.82, 2.24) is 14.5 Å². The summed E-state index contributed by atoms with van der Waals surface area (Å²) >= 11 is 0. The second-order valence-corrected chi connectivity index (χ2v) is 11.6. The first-order valence-electron chi connectivity index (χ1n) is 15.3. The van der Waals surface area contributed by atoms with Crippen molar-refractivity contribution >= 4 is 34.0 Å². The highest BCUT2D eigenvalue weighted by Gasteiger charge is 2.31. The molecule has 5 aromatic rings. The standard InChI is InChI=1S/C36H34F3N5O3/c1-23-6-9-29(42-34(45)25-4-3-5-27(18-25)36(37,38)39)20-30(23)31-19-26-22-40-33(21-32(26)43(2)35(31)46)41-28-10-7-24(8-11-28)12-13-44-14-16-47-17-15-44/h3-11,18-22H,12-17H2,1-2H3,(H,40,41)(H,42,45). The molecule has 0 spiro atoms.